The number of hydrogen-bond acceptors (Lipinski definition) is 3. The van der Waals surface area contributed by atoms with E-state index < -0.39 is 0 Å². The van der Waals surface area contributed by atoms with Gasteiger partial charge in [0.2, 0.25) is 0 Å². The number of hydrogen-bond donors (Lipinski definition) is 0. The Kier molecular flexibility index (Phi) is 6.18. The van der Waals surface area contributed by atoms with Crippen LogP contribution in [0.1, 0.15) is 16.8 Å². The molecule has 0 atom stereocenters. The minimum atomic E-state index is -0.157. The largest absolute Gasteiger partial charge is 0.488 e. The Hall–Kier alpha value is -3.38. The molecule has 0 aliphatic heterocycles. The van der Waals surface area contributed by atoms with Gasteiger partial charge in [-0.05, 0) is 48.9 Å². The number of aliphatic imine (C=N–C) groups is 1. The van der Waals surface area contributed by atoms with Gasteiger partial charge in [-0.3, -0.25) is 9.48 Å². The summed E-state index contributed by atoms with van der Waals surface area (Å²) in [6.07, 6.45) is 1.69. The predicted molar refractivity (Wildman–Crippen MR) is 128 cm³/mol. The first-order chi connectivity index (χ1) is 15.0. The van der Waals surface area contributed by atoms with Gasteiger partial charge < -0.3 is 4.74 Å². The monoisotopic (exact) mass is 475 g/mol. The maximum Gasteiger partial charge on any atom is 0.297 e. The first kappa shape index (κ1) is 20.9. The Morgan fingerprint density at radius 2 is 1.74 bits per heavy atom. The van der Waals surface area contributed by atoms with Crippen LogP contribution in [0.5, 0.6) is 5.75 Å². The molecule has 0 bridgehead atoms. The van der Waals surface area contributed by atoms with E-state index in [0.717, 1.165) is 27.0 Å². The topological polar surface area (TPSA) is 48.5 Å². The van der Waals surface area contributed by atoms with Crippen molar-refractivity contribution in [1.29, 1.82) is 0 Å². The summed E-state index contributed by atoms with van der Waals surface area (Å²) >= 11 is 3.48. The molecule has 1 aromatic heterocycles. The highest BCUT2D eigenvalue weighted by Crippen LogP contribution is 2.21. The molecule has 0 N–H and O–H groups in total. The number of para-hydroxylation sites is 2. The molecule has 0 spiro atoms. The Morgan fingerprint density at radius 3 is 2.52 bits per heavy atom. The molecular weight excluding hydrogens is 454 g/mol. The lowest BCUT2D eigenvalue weighted by molar-refractivity contribution is 0.306. The second-order valence-electron chi connectivity index (χ2n) is 7.12. The summed E-state index contributed by atoms with van der Waals surface area (Å²) in [4.78, 5) is 17.6. The Bertz CT molecular complexity index is 1290. The van der Waals surface area contributed by atoms with Crippen molar-refractivity contribution in [2.75, 3.05) is 0 Å². The second kappa shape index (κ2) is 9.18. The SMILES string of the molecule is Cc1c(N=Cc2ccccc2OCc2cccc(Br)c2)c(=O)n(-c2ccccc2)n1C. The van der Waals surface area contributed by atoms with Crippen molar-refractivity contribution < 1.29 is 4.74 Å². The number of nitrogens with zero attached hydrogens (tertiary/aromatic N) is 3. The van der Waals surface area contributed by atoms with Gasteiger partial charge in [-0.1, -0.05) is 58.4 Å². The number of benzene rings is 3. The third-order valence-corrected chi connectivity index (χ3v) is 5.55. The molecule has 0 saturated heterocycles. The molecule has 0 amide bonds. The van der Waals surface area contributed by atoms with Gasteiger partial charge in [-0.25, -0.2) is 9.67 Å². The van der Waals surface area contributed by atoms with E-state index >= 15 is 0 Å². The number of rotatable bonds is 6. The van der Waals surface area contributed by atoms with Crippen molar-refractivity contribution in [2.24, 2.45) is 12.0 Å². The number of ether oxygens (including phenoxy) is 1. The standard InChI is InChI=1S/C25H22BrN3O2/c1-18-24(25(30)29(28(18)2)22-12-4-3-5-13-22)27-16-20-10-6-7-14-23(20)31-17-19-9-8-11-21(26)15-19/h3-16H,17H2,1-2H3. The van der Waals surface area contributed by atoms with Gasteiger partial charge in [0.05, 0.1) is 11.4 Å². The molecule has 3 aromatic carbocycles. The molecule has 5 nitrogen and oxygen atoms in total. The summed E-state index contributed by atoms with van der Waals surface area (Å²) in [5, 5.41) is 0. The van der Waals surface area contributed by atoms with Crippen molar-refractivity contribution in [1.82, 2.24) is 9.36 Å². The molecule has 0 aliphatic carbocycles. The van der Waals surface area contributed by atoms with Gasteiger partial charge >= 0.3 is 0 Å². The average Bonchev–Trinajstić information content (AvgIpc) is 3.00. The zero-order valence-corrected chi connectivity index (χ0v) is 18.9. The van der Waals surface area contributed by atoms with Crippen LogP contribution in [0.3, 0.4) is 0 Å². The van der Waals surface area contributed by atoms with Gasteiger partial charge in [0.25, 0.3) is 5.56 Å². The van der Waals surface area contributed by atoms with Crippen LogP contribution in [-0.4, -0.2) is 15.6 Å². The maximum absolute atomic E-state index is 13.1. The van der Waals surface area contributed by atoms with Crippen molar-refractivity contribution in [3.05, 3.63) is 111 Å². The van der Waals surface area contributed by atoms with E-state index in [2.05, 4.69) is 20.9 Å². The lowest BCUT2D eigenvalue weighted by Crippen LogP contribution is -2.19. The lowest BCUT2D eigenvalue weighted by Gasteiger charge is -2.09. The Balaban J connectivity index is 1.62. The summed E-state index contributed by atoms with van der Waals surface area (Å²) in [5.41, 5.74) is 3.72. The fourth-order valence-electron chi connectivity index (χ4n) is 3.34. The van der Waals surface area contributed by atoms with Crippen LogP contribution >= 0.6 is 15.9 Å². The van der Waals surface area contributed by atoms with Gasteiger partial charge in [0.1, 0.15) is 12.4 Å². The molecule has 1 heterocycles. The first-order valence-corrected chi connectivity index (χ1v) is 10.7. The summed E-state index contributed by atoms with van der Waals surface area (Å²) in [6, 6.07) is 25.2. The second-order valence-corrected chi connectivity index (χ2v) is 8.04. The molecule has 0 fully saturated rings. The van der Waals surface area contributed by atoms with E-state index in [-0.39, 0.29) is 5.56 Å². The van der Waals surface area contributed by atoms with Crippen LogP contribution in [0.2, 0.25) is 0 Å². The van der Waals surface area contributed by atoms with E-state index in [1.165, 1.54) is 0 Å². The maximum atomic E-state index is 13.1. The first-order valence-electron chi connectivity index (χ1n) is 9.89. The van der Waals surface area contributed by atoms with E-state index in [9.17, 15) is 4.79 Å². The van der Waals surface area contributed by atoms with E-state index in [1.807, 2.05) is 97.5 Å². The summed E-state index contributed by atoms with van der Waals surface area (Å²) < 4.78 is 10.5. The molecule has 6 heteroatoms. The van der Waals surface area contributed by atoms with Gasteiger partial charge in [0.15, 0.2) is 5.69 Å². The average molecular weight is 476 g/mol. The zero-order chi connectivity index (χ0) is 21.8. The van der Waals surface area contributed by atoms with E-state index in [1.54, 1.807) is 10.9 Å². The molecule has 31 heavy (non-hydrogen) atoms. The molecule has 0 unspecified atom stereocenters. The highest BCUT2D eigenvalue weighted by molar-refractivity contribution is 9.10. The predicted octanol–water partition coefficient (Wildman–Crippen LogP) is 5.58. The van der Waals surface area contributed by atoms with Crippen molar-refractivity contribution in [3.63, 3.8) is 0 Å². The molecule has 4 aromatic rings. The minimum Gasteiger partial charge on any atom is -0.488 e. The number of aromatic nitrogens is 2. The Labute approximate surface area is 189 Å². The van der Waals surface area contributed by atoms with Crippen LogP contribution in [0.4, 0.5) is 5.69 Å². The number of halogens is 1. The molecule has 0 radical (unpaired) electrons. The lowest BCUT2D eigenvalue weighted by atomic mass is 10.2. The van der Waals surface area contributed by atoms with Crippen molar-refractivity contribution >= 4 is 27.8 Å². The van der Waals surface area contributed by atoms with Crippen molar-refractivity contribution in [3.8, 4) is 11.4 Å². The van der Waals surface area contributed by atoms with Crippen LogP contribution < -0.4 is 10.3 Å². The van der Waals surface area contributed by atoms with E-state index in [4.69, 9.17) is 4.74 Å². The Morgan fingerprint density at radius 1 is 1.00 bits per heavy atom. The summed E-state index contributed by atoms with van der Waals surface area (Å²) in [5.74, 6) is 0.711. The van der Waals surface area contributed by atoms with E-state index in [0.29, 0.717) is 18.0 Å². The molecular formula is C25H22BrN3O2. The smallest absolute Gasteiger partial charge is 0.297 e. The summed E-state index contributed by atoms with van der Waals surface area (Å²) in [6.45, 7) is 2.33. The highest BCUT2D eigenvalue weighted by Gasteiger charge is 2.15. The molecule has 156 valence electrons. The van der Waals surface area contributed by atoms with Gasteiger partial charge in [-0.2, -0.15) is 0 Å². The van der Waals surface area contributed by atoms with Gasteiger partial charge in [0, 0.05) is 23.3 Å². The zero-order valence-electron chi connectivity index (χ0n) is 17.3. The quantitative estimate of drug-likeness (QED) is 0.342. The van der Waals surface area contributed by atoms with Crippen LogP contribution in [0.15, 0.2) is 93.1 Å². The normalized spacial score (nSPS) is 11.2. The van der Waals surface area contributed by atoms with Crippen LogP contribution in [-0.2, 0) is 13.7 Å². The highest BCUT2D eigenvalue weighted by atomic mass is 79.9. The van der Waals surface area contributed by atoms with Crippen molar-refractivity contribution in [2.45, 2.75) is 13.5 Å². The summed E-state index contributed by atoms with van der Waals surface area (Å²) in [7, 11) is 1.86. The molecule has 0 saturated carbocycles. The fraction of sp³-hybridized carbons (Fsp3) is 0.120. The minimum absolute atomic E-state index is 0.157. The molecule has 4 rings (SSSR count). The van der Waals surface area contributed by atoms with Crippen LogP contribution in [0, 0.1) is 6.92 Å². The van der Waals surface area contributed by atoms with Gasteiger partial charge in [-0.15, -0.1) is 0 Å². The fourth-order valence-corrected chi connectivity index (χ4v) is 3.79. The third kappa shape index (κ3) is 4.54. The molecule has 0 aliphatic rings. The van der Waals surface area contributed by atoms with Crippen LogP contribution in [0.25, 0.3) is 5.69 Å². The third-order valence-electron chi connectivity index (χ3n) is 5.06.